The Balaban J connectivity index is 1.71. The van der Waals surface area contributed by atoms with E-state index in [9.17, 15) is 24.2 Å². The highest BCUT2D eigenvalue weighted by molar-refractivity contribution is 6.04. The minimum Gasteiger partial charge on any atom is -0.508 e. The number of fused-ring (bicyclic) bond motifs is 1. The standard InChI is InChI=1S/C26H27FO6/c1-26(2,25(30)31)11-5-8-23(29)22-10-9-17-6-3-4-7-21(17)24(22)33-13-12-32-20-15-18(27)14-19(28)16-20/h3-4,6-7,9-10,14-16,28H,5,8,11-13H2,1-2H3,(H,30,31). The Kier molecular flexibility index (Phi) is 7.53. The Morgan fingerprint density at radius 3 is 2.45 bits per heavy atom. The molecule has 0 aliphatic carbocycles. The summed E-state index contributed by atoms with van der Waals surface area (Å²) >= 11 is 0. The first-order valence-electron chi connectivity index (χ1n) is 10.7. The fourth-order valence-corrected chi connectivity index (χ4v) is 3.49. The Hall–Kier alpha value is -3.61. The molecule has 0 aliphatic heterocycles. The lowest BCUT2D eigenvalue weighted by atomic mass is 9.86. The second kappa shape index (κ2) is 10.3. The maximum absolute atomic E-state index is 13.4. The zero-order chi connectivity index (χ0) is 24.0. The van der Waals surface area contributed by atoms with Crippen LogP contribution in [0.25, 0.3) is 10.8 Å². The molecule has 0 fully saturated rings. The summed E-state index contributed by atoms with van der Waals surface area (Å²) in [6.45, 7) is 3.45. The van der Waals surface area contributed by atoms with E-state index < -0.39 is 17.2 Å². The number of carboxylic acids is 1. The summed E-state index contributed by atoms with van der Waals surface area (Å²) < 4.78 is 24.8. The van der Waals surface area contributed by atoms with Gasteiger partial charge in [-0.3, -0.25) is 9.59 Å². The molecule has 6 nitrogen and oxygen atoms in total. The van der Waals surface area contributed by atoms with E-state index >= 15 is 0 Å². The van der Waals surface area contributed by atoms with Gasteiger partial charge in [0.2, 0.25) is 0 Å². The van der Waals surface area contributed by atoms with Gasteiger partial charge < -0.3 is 19.7 Å². The number of phenols is 1. The third-order valence-electron chi connectivity index (χ3n) is 5.42. The van der Waals surface area contributed by atoms with Crippen molar-refractivity contribution >= 4 is 22.5 Å². The number of ketones is 1. The van der Waals surface area contributed by atoms with Crippen molar-refractivity contribution in [3.05, 3.63) is 66.0 Å². The van der Waals surface area contributed by atoms with E-state index in [1.165, 1.54) is 6.07 Å². The molecule has 0 saturated heterocycles. The first kappa shape index (κ1) is 24.0. The van der Waals surface area contributed by atoms with Gasteiger partial charge in [0.1, 0.15) is 36.3 Å². The molecule has 0 atom stereocenters. The van der Waals surface area contributed by atoms with Crippen LogP contribution in [-0.4, -0.2) is 35.2 Å². The molecule has 3 rings (SSSR count). The quantitative estimate of drug-likeness (QED) is 0.289. The van der Waals surface area contributed by atoms with Crippen molar-refractivity contribution in [1.82, 2.24) is 0 Å². The number of carbonyl (C=O) groups is 2. The van der Waals surface area contributed by atoms with Gasteiger partial charge in [-0.05, 0) is 38.1 Å². The first-order chi connectivity index (χ1) is 15.7. The third kappa shape index (κ3) is 6.22. The number of carbonyl (C=O) groups excluding carboxylic acids is 1. The van der Waals surface area contributed by atoms with Crippen molar-refractivity contribution in [3.63, 3.8) is 0 Å². The van der Waals surface area contributed by atoms with Gasteiger partial charge >= 0.3 is 5.97 Å². The molecule has 174 valence electrons. The Labute approximate surface area is 191 Å². The van der Waals surface area contributed by atoms with Crippen molar-refractivity contribution in [3.8, 4) is 17.2 Å². The van der Waals surface area contributed by atoms with Gasteiger partial charge in [-0.2, -0.15) is 0 Å². The molecule has 0 saturated carbocycles. The number of Topliss-reactive ketones (excluding diaryl/α,β-unsaturated/α-hetero) is 1. The molecule has 3 aromatic rings. The predicted octanol–water partition coefficient (Wildman–Crippen LogP) is 5.61. The molecule has 2 N–H and O–H groups in total. The number of aliphatic carboxylic acids is 1. The summed E-state index contributed by atoms with van der Waals surface area (Å²) in [4.78, 5) is 24.3. The lowest BCUT2D eigenvalue weighted by Gasteiger charge is -2.19. The highest BCUT2D eigenvalue weighted by Crippen LogP contribution is 2.32. The molecule has 0 aliphatic rings. The molecular formula is C26H27FO6. The monoisotopic (exact) mass is 454 g/mol. The van der Waals surface area contributed by atoms with Gasteiger partial charge in [0.15, 0.2) is 5.78 Å². The highest BCUT2D eigenvalue weighted by Gasteiger charge is 2.27. The SMILES string of the molecule is CC(C)(CCCC(=O)c1ccc2ccccc2c1OCCOc1cc(O)cc(F)c1)C(=O)O. The fraction of sp³-hybridized carbons (Fsp3) is 0.308. The molecule has 0 aromatic heterocycles. The molecule has 33 heavy (non-hydrogen) atoms. The van der Waals surface area contributed by atoms with Crippen LogP contribution in [0.3, 0.4) is 0 Å². The van der Waals surface area contributed by atoms with Crippen LogP contribution >= 0.6 is 0 Å². The Bertz CT molecular complexity index is 1130. The van der Waals surface area contributed by atoms with Gasteiger partial charge in [-0.15, -0.1) is 0 Å². The molecule has 0 spiro atoms. The van der Waals surface area contributed by atoms with E-state index in [2.05, 4.69) is 0 Å². The van der Waals surface area contributed by atoms with Crippen LogP contribution in [-0.2, 0) is 4.79 Å². The number of ether oxygens (including phenoxy) is 2. The topological polar surface area (TPSA) is 93.1 Å². The van der Waals surface area contributed by atoms with E-state index in [4.69, 9.17) is 9.47 Å². The Morgan fingerprint density at radius 2 is 1.73 bits per heavy atom. The normalized spacial score (nSPS) is 11.4. The lowest BCUT2D eigenvalue weighted by Crippen LogP contribution is -2.23. The molecule has 0 radical (unpaired) electrons. The van der Waals surface area contributed by atoms with Gasteiger partial charge in [0, 0.05) is 30.0 Å². The molecule has 0 bridgehead atoms. The highest BCUT2D eigenvalue weighted by atomic mass is 19.1. The predicted molar refractivity (Wildman–Crippen MR) is 123 cm³/mol. The summed E-state index contributed by atoms with van der Waals surface area (Å²) in [6.07, 6.45) is 1.02. The number of hydrogen-bond acceptors (Lipinski definition) is 5. The molecule has 7 heteroatoms. The fourth-order valence-electron chi connectivity index (χ4n) is 3.49. The minimum atomic E-state index is -0.897. The molecule has 0 unspecified atom stereocenters. The second-order valence-electron chi connectivity index (χ2n) is 8.47. The minimum absolute atomic E-state index is 0.0759. The van der Waals surface area contributed by atoms with Crippen LogP contribution in [0.2, 0.25) is 0 Å². The molecular weight excluding hydrogens is 427 g/mol. The second-order valence-corrected chi connectivity index (χ2v) is 8.47. The number of halogens is 1. The van der Waals surface area contributed by atoms with E-state index in [-0.39, 0.29) is 36.9 Å². The number of benzene rings is 3. The maximum Gasteiger partial charge on any atom is 0.309 e. The first-order valence-corrected chi connectivity index (χ1v) is 10.7. The molecule has 0 amide bonds. The largest absolute Gasteiger partial charge is 0.508 e. The van der Waals surface area contributed by atoms with Crippen LogP contribution < -0.4 is 9.47 Å². The summed E-state index contributed by atoms with van der Waals surface area (Å²) in [5.74, 6) is -1.27. The van der Waals surface area contributed by atoms with Crippen LogP contribution in [0.4, 0.5) is 4.39 Å². The number of carboxylic acid groups (broad SMARTS) is 1. The van der Waals surface area contributed by atoms with Gasteiger partial charge in [0.25, 0.3) is 0 Å². The summed E-state index contributed by atoms with van der Waals surface area (Å²) in [5, 5.41) is 20.4. The van der Waals surface area contributed by atoms with Gasteiger partial charge in [0.05, 0.1) is 11.0 Å². The van der Waals surface area contributed by atoms with Crippen LogP contribution in [0.5, 0.6) is 17.2 Å². The third-order valence-corrected chi connectivity index (χ3v) is 5.42. The van der Waals surface area contributed by atoms with Gasteiger partial charge in [-0.1, -0.05) is 30.3 Å². The summed E-state index contributed by atoms with van der Waals surface area (Å²) in [5.41, 5.74) is -0.476. The van der Waals surface area contributed by atoms with Crippen molar-refractivity contribution in [2.75, 3.05) is 13.2 Å². The van der Waals surface area contributed by atoms with E-state index in [1.807, 2.05) is 30.3 Å². The zero-order valence-electron chi connectivity index (χ0n) is 18.6. The average Bonchev–Trinajstić information content (AvgIpc) is 2.75. The maximum atomic E-state index is 13.4. The van der Waals surface area contributed by atoms with Gasteiger partial charge in [-0.25, -0.2) is 4.39 Å². The lowest BCUT2D eigenvalue weighted by molar-refractivity contribution is -0.147. The molecule has 0 heterocycles. The molecule has 3 aromatic carbocycles. The number of rotatable bonds is 11. The zero-order valence-corrected chi connectivity index (χ0v) is 18.6. The number of phenolic OH excluding ortho intramolecular Hbond substituents is 1. The number of aromatic hydroxyl groups is 1. The van der Waals surface area contributed by atoms with Crippen LogP contribution in [0.1, 0.15) is 43.5 Å². The van der Waals surface area contributed by atoms with Crippen molar-refractivity contribution in [2.45, 2.75) is 33.1 Å². The van der Waals surface area contributed by atoms with Crippen LogP contribution in [0, 0.1) is 11.2 Å². The van der Waals surface area contributed by atoms with Crippen molar-refractivity contribution in [1.29, 1.82) is 0 Å². The summed E-state index contributed by atoms with van der Waals surface area (Å²) in [7, 11) is 0. The summed E-state index contributed by atoms with van der Waals surface area (Å²) in [6, 6.07) is 14.5. The smallest absolute Gasteiger partial charge is 0.309 e. The van der Waals surface area contributed by atoms with E-state index in [1.54, 1.807) is 19.9 Å². The van der Waals surface area contributed by atoms with Crippen LogP contribution in [0.15, 0.2) is 54.6 Å². The van der Waals surface area contributed by atoms with E-state index in [0.29, 0.717) is 24.2 Å². The average molecular weight is 454 g/mol. The van der Waals surface area contributed by atoms with Crippen molar-refractivity contribution < 1.29 is 33.7 Å². The number of hydrogen-bond donors (Lipinski definition) is 2. The van der Waals surface area contributed by atoms with E-state index in [0.717, 1.165) is 22.9 Å². The van der Waals surface area contributed by atoms with Crippen molar-refractivity contribution in [2.24, 2.45) is 5.41 Å². The Morgan fingerprint density at radius 1 is 1.00 bits per heavy atom.